The van der Waals surface area contributed by atoms with Gasteiger partial charge in [-0.1, -0.05) is 23.2 Å². The molecule has 0 aliphatic rings. The molecule has 0 saturated heterocycles. The summed E-state index contributed by atoms with van der Waals surface area (Å²) in [5.74, 6) is -3.32. The molecule has 0 bridgehead atoms. The van der Waals surface area contributed by atoms with Gasteiger partial charge in [0.05, 0.1) is 10.3 Å². The first kappa shape index (κ1) is 10.7. The first-order valence-electron chi connectivity index (χ1n) is 2.86. The molecule has 66 valence electrons. The van der Waals surface area contributed by atoms with Gasteiger partial charge in [0.2, 0.25) is 0 Å². The second kappa shape index (κ2) is 3.77. The molecule has 0 aliphatic carbocycles. The van der Waals surface area contributed by atoms with Crippen LogP contribution in [0.3, 0.4) is 0 Å². The van der Waals surface area contributed by atoms with Crippen LogP contribution >= 0.6 is 51.5 Å². The second-order valence-corrected chi connectivity index (χ2v) is 7.68. The van der Waals surface area contributed by atoms with Gasteiger partial charge in [-0.05, 0) is 40.7 Å². The van der Waals surface area contributed by atoms with Crippen LogP contribution in [0.5, 0.6) is 0 Å². The highest BCUT2D eigenvalue weighted by molar-refractivity contribution is 8.13. The summed E-state index contributed by atoms with van der Waals surface area (Å²) in [5, 5.41) is 0.887. The Balaban J connectivity index is 3.28. The summed E-state index contributed by atoms with van der Waals surface area (Å²) in [7, 11) is 0. The van der Waals surface area contributed by atoms with Crippen LogP contribution in [-0.4, -0.2) is 0 Å². The molecule has 0 aliphatic heterocycles. The van der Waals surface area contributed by atoms with Crippen LogP contribution in [0.2, 0.25) is 10.0 Å². The Labute approximate surface area is 89.5 Å². The van der Waals surface area contributed by atoms with Crippen LogP contribution in [-0.2, 0) is 4.57 Å². The zero-order chi connectivity index (χ0) is 9.35. The average Bonchev–Trinajstić information content (AvgIpc) is 1.83. The second-order valence-electron chi connectivity index (χ2n) is 2.06. The zero-order valence-corrected chi connectivity index (χ0v) is 9.52. The maximum atomic E-state index is 11.2. The summed E-state index contributed by atoms with van der Waals surface area (Å²) in [6.07, 6.45) is 0. The molecule has 0 atom stereocenters. The van der Waals surface area contributed by atoms with Crippen LogP contribution in [0, 0.1) is 0 Å². The van der Waals surface area contributed by atoms with Gasteiger partial charge in [0.15, 0.2) is 0 Å². The molecular weight excluding hydrogens is 261 g/mol. The molecule has 1 rings (SSSR count). The van der Waals surface area contributed by atoms with E-state index in [1.165, 1.54) is 18.2 Å². The van der Waals surface area contributed by atoms with Crippen LogP contribution in [0.15, 0.2) is 18.2 Å². The normalized spacial score (nSPS) is 11.7. The Morgan fingerprint density at radius 1 is 1.17 bits per heavy atom. The largest absolute Gasteiger partial charge is 0.284 e. The number of benzene rings is 1. The van der Waals surface area contributed by atoms with Crippen molar-refractivity contribution >= 4 is 56.8 Å². The molecular formula is C6H3Cl4OP. The molecule has 1 nitrogen and oxygen atoms in total. The molecule has 6 heteroatoms. The Morgan fingerprint density at radius 3 is 2.17 bits per heavy atom. The standard InChI is InChI=1S/C6H3Cl4OP/c7-4-1-2-6(5(8)3-4)12(9,10)11/h1-3H. The van der Waals surface area contributed by atoms with Crippen LogP contribution in [0.4, 0.5) is 0 Å². The zero-order valence-electron chi connectivity index (χ0n) is 5.60. The predicted molar refractivity (Wildman–Crippen MR) is 55.4 cm³/mol. The highest BCUT2D eigenvalue weighted by Crippen LogP contribution is 2.56. The van der Waals surface area contributed by atoms with E-state index in [4.69, 9.17) is 45.7 Å². The van der Waals surface area contributed by atoms with E-state index in [-0.39, 0.29) is 10.3 Å². The minimum Gasteiger partial charge on any atom is -0.284 e. The van der Waals surface area contributed by atoms with E-state index in [0.717, 1.165) is 0 Å². The maximum absolute atomic E-state index is 11.2. The summed E-state index contributed by atoms with van der Waals surface area (Å²) in [4.78, 5) is 0. The van der Waals surface area contributed by atoms with Gasteiger partial charge in [0.25, 0.3) is 5.85 Å². The minimum absolute atomic E-state index is 0.218. The molecule has 1 aromatic carbocycles. The molecule has 0 N–H and O–H groups in total. The maximum Gasteiger partial charge on any atom is 0.283 e. The number of hydrogen-bond acceptors (Lipinski definition) is 1. The lowest BCUT2D eigenvalue weighted by molar-refractivity contribution is 0.597. The Kier molecular flexibility index (Phi) is 3.36. The van der Waals surface area contributed by atoms with Gasteiger partial charge < -0.3 is 0 Å². The summed E-state index contributed by atoms with van der Waals surface area (Å²) >= 11 is 22.1. The van der Waals surface area contributed by atoms with E-state index < -0.39 is 5.85 Å². The van der Waals surface area contributed by atoms with Crippen molar-refractivity contribution in [3.63, 3.8) is 0 Å². The van der Waals surface area contributed by atoms with E-state index in [2.05, 4.69) is 0 Å². The van der Waals surface area contributed by atoms with E-state index in [9.17, 15) is 4.57 Å². The fourth-order valence-electron chi connectivity index (χ4n) is 0.692. The lowest BCUT2D eigenvalue weighted by Crippen LogP contribution is -1.98. The lowest BCUT2D eigenvalue weighted by atomic mass is 10.4. The Hall–Kier alpha value is 0.610. The first-order valence-corrected chi connectivity index (χ1v) is 7.13. The molecule has 1 aromatic rings. The molecule has 0 aromatic heterocycles. The van der Waals surface area contributed by atoms with E-state index >= 15 is 0 Å². The monoisotopic (exact) mass is 262 g/mol. The molecule has 0 heterocycles. The fourth-order valence-corrected chi connectivity index (χ4v) is 3.16. The van der Waals surface area contributed by atoms with Crippen molar-refractivity contribution in [2.75, 3.05) is 0 Å². The van der Waals surface area contributed by atoms with Crippen molar-refractivity contribution in [2.45, 2.75) is 0 Å². The van der Waals surface area contributed by atoms with Crippen LogP contribution in [0.1, 0.15) is 0 Å². The van der Waals surface area contributed by atoms with Gasteiger partial charge in [0.1, 0.15) is 0 Å². The lowest BCUT2D eigenvalue weighted by Gasteiger charge is -2.04. The SMILES string of the molecule is O=P(Cl)(Cl)c1ccc(Cl)cc1Cl. The van der Waals surface area contributed by atoms with Crippen molar-refractivity contribution in [3.05, 3.63) is 28.2 Å². The van der Waals surface area contributed by atoms with Gasteiger partial charge in [-0.25, -0.2) is 0 Å². The minimum atomic E-state index is -3.32. The highest BCUT2D eigenvalue weighted by atomic mass is 35.9. The first-order chi connectivity index (χ1) is 5.41. The quantitative estimate of drug-likeness (QED) is 0.691. The van der Waals surface area contributed by atoms with Gasteiger partial charge in [0, 0.05) is 5.02 Å². The summed E-state index contributed by atoms with van der Waals surface area (Å²) in [6, 6.07) is 4.42. The van der Waals surface area contributed by atoms with Gasteiger partial charge >= 0.3 is 0 Å². The fraction of sp³-hybridized carbons (Fsp3) is 0. The summed E-state index contributed by atoms with van der Waals surface area (Å²) in [5.41, 5.74) is 0. The summed E-state index contributed by atoms with van der Waals surface area (Å²) in [6.45, 7) is 0. The topological polar surface area (TPSA) is 17.1 Å². The molecule has 12 heavy (non-hydrogen) atoms. The van der Waals surface area contributed by atoms with Gasteiger partial charge in [-0.3, -0.25) is 4.57 Å². The van der Waals surface area contributed by atoms with Crippen molar-refractivity contribution in [1.82, 2.24) is 0 Å². The Morgan fingerprint density at radius 2 is 1.75 bits per heavy atom. The van der Waals surface area contributed by atoms with Crippen molar-refractivity contribution < 1.29 is 4.57 Å². The van der Waals surface area contributed by atoms with Crippen molar-refractivity contribution in [3.8, 4) is 0 Å². The third-order valence-corrected chi connectivity index (χ3v) is 3.91. The molecule has 0 amide bonds. The molecule has 0 fully saturated rings. The third-order valence-electron chi connectivity index (χ3n) is 1.19. The predicted octanol–water partition coefficient (Wildman–Crippen LogP) is 4.29. The Bertz CT molecular complexity index is 345. The van der Waals surface area contributed by atoms with Crippen LogP contribution < -0.4 is 5.30 Å². The molecule has 0 spiro atoms. The van der Waals surface area contributed by atoms with E-state index in [1.807, 2.05) is 0 Å². The molecule has 0 unspecified atom stereocenters. The number of hydrogen-bond donors (Lipinski definition) is 0. The molecule has 0 radical (unpaired) electrons. The third kappa shape index (κ3) is 2.55. The van der Waals surface area contributed by atoms with Crippen LogP contribution in [0.25, 0.3) is 0 Å². The average molecular weight is 264 g/mol. The highest BCUT2D eigenvalue weighted by Gasteiger charge is 2.20. The van der Waals surface area contributed by atoms with Gasteiger partial charge in [-0.2, -0.15) is 0 Å². The van der Waals surface area contributed by atoms with E-state index in [0.29, 0.717) is 5.02 Å². The van der Waals surface area contributed by atoms with E-state index in [1.54, 1.807) is 0 Å². The van der Waals surface area contributed by atoms with Gasteiger partial charge in [-0.15, -0.1) is 0 Å². The summed E-state index contributed by atoms with van der Waals surface area (Å²) < 4.78 is 11.2. The number of halogens is 4. The van der Waals surface area contributed by atoms with Crippen molar-refractivity contribution in [2.24, 2.45) is 0 Å². The number of rotatable bonds is 1. The smallest absolute Gasteiger partial charge is 0.283 e. The van der Waals surface area contributed by atoms with Crippen molar-refractivity contribution in [1.29, 1.82) is 0 Å². The molecule has 0 saturated carbocycles.